The topological polar surface area (TPSA) is 75.6 Å². The molecule has 0 spiro atoms. The maximum atomic E-state index is 12.0. The third-order valence-corrected chi connectivity index (χ3v) is 4.45. The van der Waals surface area contributed by atoms with Gasteiger partial charge >= 0.3 is 6.09 Å². The van der Waals surface area contributed by atoms with Crippen LogP contribution in [0.3, 0.4) is 0 Å². The number of rotatable bonds is 5. The summed E-state index contributed by atoms with van der Waals surface area (Å²) in [4.78, 5) is 21.7. The minimum absolute atomic E-state index is 0.105. The SMILES string of the molecule is CP(=O)(O)[C@H](NC(=O)OCc1ccccc1)c1ccccc1. The second-order valence-corrected chi connectivity index (χ2v) is 7.37. The molecular weight excluding hydrogens is 301 g/mol. The molecule has 0 heterocycles. The van der Waals surface area contributed by atoms with Crippen molar-refractivity contribution >= 4 is 13.5 Å². The average molecular weight is 319 g/mol. The van der Waals surface area contributed by atoms with Crippen molar-refractivity contribution in [2.24, 2.45) is 0 Å². The van der Waals surface area contributed by atoms with Gasteiger partial charge in [-0.3, -0.25) is 4.57 Å². The molecule has 0 bridgehead atoms. The second kappa shape index (κ2) is 7.25. The van der Waals surface area contributed by atoms with Crippen molar-refractivity contribution in [1.82, 2.24) is 5.32 Å². The molecular formula is C16H18NO4P. The maximum absolute atomic E-state index is 12.0. The van der Waals surface area contributed by atoms with E-state index < -0.39 is 19.2 Å². The molecule has 116 valence electrons. The summed E-state index contributed by atoms with van der Waals surface area (Å²) in [5.74, 6) is -0.989. The van der Waals surface area contributed by atoms with Crippen LogP contribution in [0.15, 0.2) is 60.7 Å². The average Bonchev–Trinajstić information content (AvgIpc) is 2.51. The van der Waals surface area contributed by atoms with Crippen LogP contribution in [0.5, 0.6) is 0 Å². The van der Waals surface area contributed by atoms with E-state index in [4.69, 9.17) is 4.74 Å². The van der Waals surface area contributed by atoms with Crippen molar-refractivity contribution in [2.45, 2.75) is 12.4 Å². The molecule has 0 saturated heterocycles. The Kier molecular flexibility index (Phi) is 5.36. The highest BCUT2D eigenvalue weighted by Gasteiger charge is 2.29. The highest BCUT2D eigenvalue weighted by Crippen LogP contribution is 2.50. The number of nitrogens with one attached hydrogen (secondary N) is 1. The summed E-state index contributed by atoms with van der Waals surface area (Å²) < 4.78 is 17.1. The molecule has 0 fully saturated rings. The van der Waals surface area contributed by atoms with Gasteiger partial charge in [0.05, 0.1) is 0 Å². The van der Waals surface area contributed by atoms with Crippen LogP contribution in [0, 0.1) is 0 Å². The number of amides is 1. The molecule has 1 unspecified atom stereocenters. The second-order valence-electron chi connectivity index (χ2n) is 4.96. The molecule has 22 heavy (non-hydrogen) atoms. The molecule has 0 aliphatic carbocycles. The van der Waals surface area contributed by atoms with E-state index in [1.54, 1.807) is 30.3 Å². The van der Waals surface area contributed by atoms with E-state index in [1.807, 2.05) is 30.3 Å². The normalized spacial score (nSPS) is 14.6. The van der Waals surface area contributed by atoms with Gasteiger partial charge in [0.1, 0.15) is 12.4 Å². The number of alkyl carbamates (subject to hydrolysis) is 1. The molecule has 0 aromatic heterocycles. The molecule has 0 saturated carbocycles. The zero-order valence-corrected chi connectivity index (χ0v) is 13.1. The van der Waals surface area contributed by atoms with Crippen LogP contribution >= 0.6 is 7.37 Å². The van der Waals surface area contributed by atoms with Crippen LogP contribution in [0.4, 0.5) is 4.79 Å². The Balaban J connectivity index is 2.02. The lowest BCUT2D eigenvalue weighted by Gasteiger charge is -2.21. The summed E-state index contributed by atoms with van der Waals surface area (Å²) in [5, 5.41) is 2.47. The lowest BCUT2D eigenvalue weighted by molar-refractivity contribution is 0.138. The third-order valence-electron chi connectivity index (χ3n) is 3.06. The summed E-state index contributed by atoms with van der Waals surface area (Å²) in [6.07, 6.45) is -0.728. The van der Waals surface area contributed by atoms with Crippen LogP contribution in [0.25, 0.3) is 0 Å². The first-order valence-electron chi connectivity index (χ1n) is 6.79. The van der Waals surface area contributed by atoms with Gasteiger partial charge in [-0.25, -0.2) is 4.79 Å². The Morgan fingerprint density at radius 2 is 1.68 bits per heavy atom. The van der Waals surface area contributed by atoms with Crippen molar-refractivity contribution < 1.29 is 19.0 Å². The highest BCUT2D eigenvalue weighted by atomic mass is 31.2. The van der Waals surface area contributed by atoms with Gasteiger partial charge in [-0.05, 0) is 11.1 Å². The van der Waals surface area contributed by atoms with E-state index in [0.29, 0.717) is 5.56 Å². The van der Waals surface area contributed by atoms with E-state index in [9.17, 15) is 14.3 Å². The Labute approximate surface area is 129 Å². The fourth-order valence-corrected chi connectivity index (χ4v) is 3.06. The molecule has 2 aromatic rings. The molecule has 6 heteroatoms. The van der Waals surface area contributed by atoms with Crippen molar-refractivity contribution in [2.75, 3.05) is 6.66 Å². The van der Waals surface area contributed by atoms with Gasteiger partial charge in [0.15, 0.2) is 0 Å². The number of ether oxygens (including phenoxy) is 1. The van der Waals surface area contributed by atoms with Gasteiger partial charge in [-0.2, -0.15) is 0 Å². The van der Waals surface area contributed by atoms with Gasteiger partial charge in [-0.15, -0.1) is 0 Å². The van der Waals surface area contributed by atoms with Gasteiger partial charge in [-0.1, -0.05) is 60.7 Å². The molecule has 0 aliphatic rings. The molecule has 1 amide bonds. The molecule has 2 aromatic carbocycles. The first-order chi connectivity index (χ1) is 10.5. The molecule has 0 radical (unpaired) electrons. The number of carbonyl (C=O) groups excluding carboxylic acids is 1. The quantitative estimate of drug-likeness (QED) is 0.827. The molecule has 2 rings (SSSR count). The Hall–Kier alpha value is -2.10. The minimum Gasteiger partial charge on any atom is -0.445 e. The van der Waals surface area contributed by atoms with E-state index in [2.05, 4.69) is 5.32 Å². The smallest absolute Gasteiger partial charge is 0.408 e. The first kappa shape index (κ1) is 16.3. The summed E-state index contributed by atoms with van der Waals surface area (Å²) in [5.41, 5.74) is 1.41. The van der Waals surface area contributed by atoms with Gasteiger partial charge < -0.3 is 14.9 Å². The van der Waals surface area contributed by atoms with Crippen LogP contribution < -0.4 is 5.32 Å². The van der Waals surface area contributed by atoms with Crippen molar-refractivity contribution in [3.63, 3.8) is 0 Å². The van der Waals surface area contributed by atoms with Gasteiger partial charge in [0.25, 0.3) is 0 Å². The summed E-state index contributed by atoms with van der Waals surface area (Å²) >= 11 is 0. The van der Waals surface area contributed by atoms with Gasteiger partial charge in [0.2, 0.25) is 7.37 Å². The maximum Gasteiger partial charge on any atom is 0.408 e. The Bertz CT molecular complexity index is 654. The Morgan fingerprint density at radius 1 is 1.14 bits per heavy atom. The lowest BCUT2D eigenvalue weighted by Crippen LogP contribution is -2.29. The zero-order chi connectivity index (χ0) is 16.0. The van der Waals surface area contributed by atoms with E-state index >= 15 is 0 Å². The van der Waals surface area contributed by atoms with Crippen LogP contribution in [-0.4, -0.2) is 17.7 Å². The summed E-state index contributed by atoms with van der Waals surface area (Å²) in [6, 6.07) is 17.9. The van der Waals surface area contributed by atoms with Crippen molar-refractivity contribution in [3.8, 4) is 0 Å². The molecule has 0 aliphatic heterocycles. The van der Waals surface area contributed by atoms with Gasteiger partial charge in [0, 0.05) is 6.66 Å². The molecule has 5 nitrogen and oxygen atoms in total. The molecule has 2 atom stereocenters. The van der Waals surface area contributed by atoms with Crippen molar-refractivity contribution in [3.05, 3.63) is 71.8 Å². The minimum atomic E-state index is -3.56. The number of hydrogen-bond donors (Lipinski definition) is 2. The summed E-state index contributed by atoms with van der Waals surface area (Å²) in [6.45, 7) is 1.32. The van der Waals surface area contributed by atoms with E-state index in [1.165, 1.54) is 6.66 Å². The predicted molar refractivity (Wildman–Crippen MR) is 84.7 cm³/mol. The monoisotopic (exact) mass is 319 g/mol. The first-order valence-corrected chi connectivity index (χ1v) is 8.96. The lowest BCUT2D eigenvalue weighted by atomic mass is 10.2. The van der Waals surface area contributed by atoms with Crippen molar-refractivity contribution in [1.29, 1.82) is 0 Å². The summed E-state index contributed by atoms with van der Waals surface area (Å²) in [7, 11) is -3.56. The van der Waals surface area contributed by atoms with Crippen LogP contribution in [0.2, 0.25) is 0 Å². The van der Waals surface area contributed by atoms with E-state index in [0.717, 1.165) is 5.56 Å². The van der Waals surface area contributed by atoms with Crippen LogP contribution in [-0.2, 0) is 15.9 Å². The fraction of sp³-hybridized carbons (Fsp3) is 0.188. The Morgan fingerprint density at radius 3 is 2.23 bits per heavy atom. The van der Waals surface area contributed by atoms with Crippen LogP contribution in [0.1, 0.15) is 16.9 Å². The fourth-order valence-electron chi connectivity index (χ4n) is 1.99. The number of benzene rings is 2. The highest BCUT2D eigenvalue weighted by molar-refractivity contribution is 7.57. The standard InChI is InChI=1S/C16H18NO4P/c1-22(19,20)15(14-10-6-3-7-11-14)17-16(18)21-12-13-8-4-2-5-9-13/h2-11,15H,12H2,1H3,(H,17,18)(H,19,20)/t15-/m0/s1. The number of hydrogen-bond acceptors (Lipinski definition) is 3. The molecule has 2 N–H and O–H groups in total. The number of carbonyl (C=O) groups is 1. The van der Waals surface area contributed by atoms with E-state index in [-0.39, 0.29) is 6.61 Å². The largest absolute Gasteiger partial charge is 0.445 e. The third kappa shape index (κ3) is 4.72. The zero-order valence-electron chi connectivity index (χ0n) is 12.2. The predicted octanol–water partition coefficient (Wildman–Crippen LogP) is 3.51.